The topological polar surface area (TPSA) is 67.9 Å². The Kier molecular flexibility index (Phi) is 6.12. The van der Waals surface area contributed by atoms with Crippen LogP contribution in [0.3, 0.4) is 0 Å². The molecular weight excluding hydrogens is 452 g/mol. The summed E-state index contributed by atoms with van der Waals surface area (Å²) in [5.41, 5.74) is 9.00. The van der Waals surface area contributed by atoms with Gasteiger partial charge in [0.15, 0.2) is 0 Å². The van der Waals surface area contributed by atoms with Gasteiger partial charge in [0, 0.05) is 29.8 Å². The van der Waals surface area contributed by atoms with E-state index in [2.05, 4.69) is 36.2 Å². The van der Waals surface area contributed by atoms with E-state index in [0.717, 1.165) is 61.3 Å². The van der Waals surface area contributed by atoms with Crippen LogP contribution >= 0.6 is 0 Å². The van der Waals surface area contributed by atoms with Gasteiger partial charge >= 0.3 is 11.9 Å². The summed E-state index contributed by atoms with van der Waals surface area (Å²) in [5, 5.41) is 3.99. The fraction of sp³-hybridized carbons (Fsp3) is 0.533. The second-order valence-corrected chi connectivity index (χ2v) is 11.1. The molecule has 2 aromatic rings. The number of hydrogen-bond donors (Lipinski definition) is 1. The van der Waals surface area contributed by atoms with E-state index in [1.807, 2.05) is 12.1 Å². The van der Waals surface area contributed by atoms with Crippen molar-refractivity contribution in [2.24, 2.45) is 5.92 Å². The van der Waals surface area contributed by atoms with E-state index in [0.29, 0.717) is 19.1 Å². The molecule has 0 bridgehead atoms. The summed E-state index contributed by atoms with van der Waals surface area (Å²) < 4.78 is 10.4. The molecule has 0 radical (unpaired) electrons. The minimum absolute atomic E-state index is 0.184. The van der Waals surface area contributed by atoms with E-state index >= 15 is 0 Å². The summed E-state index contributed by atoms with van der Waals surface area (Å²) in [6, 6.07) is 8.11. The number of nitrogens with zero attached hydrogens (tertiary/aromatic N) is 1. The first-order chi connectivity index (χ1) is 17.4. The predicted molar refractivity (Wildman–Crippen MR) is 137 cm³/mol. The normalized spacial score (nSPS) is 22.2. The fourth-order valence-electron chi connectivity index (χ4n) is 6.84. The summed E-state index contributed by atoms with van der Waals surface area (Å²) >= 11 is 0. The van der Waals surface area contributed by atoms with Crippen LogP contribution in [0.5, 0.6) is 0 Å². The van der Waals surface area contributed by atoms with Gasteiger partial charge in [-0.1, -0.05) is 12.1 Å². The number of fused-ring (bicyclic) bond motifs is 2. The van der Waals surface area contributed by atoms with Crippen molar-refractivity contribution in [2.75, 3.05) is 26.2 Å². The lowest BCUT2D eigenvalue weighted by Crippen LogP contribution is -2.57. The summed E-state index contributed by atoms with van der Waals surface area (Å²) in [6.07, 6.45) is 7.12. The number of rotatable bonds is 8. The van der Waals surface area contributed by atoms with Crippen LogP contribution in [0, 0.1) is 19.8 Å². The summed E-state index contributed by atoms with van der Waals surface area (Å²) in [5.74, 6) is 0.328. The number of cyclic esters (lactones) is 2. The monoisotopic (exact) mass is 488 g/mol. The Bertz CT molecular complexity index is 1220. The zero-order valence-corrected chi connectivity index (χ0v) is 21.5. The minimum atomic E-state index is -0.188. The van der Waals surface area contributed by atoms with Crippen molar-refractivity contribution in [3.63, 3.8) is 0 Å². The van der Waals surface area contributed by atoms with Crippen LogP contribution < -0.4 is 5.32 Å². The molecule has 0 amide bonds. The molecule has 4 aliphatic rings. The Hall–Kier alpha value is -2.70. The third-order valence-corrected chi connectivity index (χ3v) is 9.42. The van der Waals surface area contributed by atoms with E-state index in [-0.39, 0.29) is 17.5 Å². The lowest BCUT2D eigenvalue weighted by atomic mass is 9.67. The first kappa shape index (κ1) is 23.7. The van der Waals surface area contributed by atoms with Gasteiger partial charge in [0.1, 0.15) is 13.2 Å². The van der Waals surface area contributed by atoms with E-state index < -0.39 is 0 Å². The van der Waals surface area contributed by atoms with Crippen molar-refractivity contribution in [1.29, 1.82) is 0 Å². The van der Waals surface area contributed by atoms with Crippen LogP contribution in [0.15, 0.2) is 24.3 Å². The van der Waals surface area contributed by atoms with Crippen LogP contribution in [0.25, 0.3) is 0 Å². The smallest absolute Gasteiger partial charge is 0.338 e. The fourth-order valence-corrected chi connectivity index (χ4v) is 6.84. The van der Waals surface area contributed by atoms with E-state index in [1.165, 1.54) is 47.9 Å². The number of ether oxygens (including phenoxy) is 2. The lowest BCUT2D eigenvalue weighted by molar-refractivity contribution is 0.0526. The molecule has 190 valence electrons. The molecule has 1 saturated carbocycles. The molecule has 6 rings (SSSR count). The van der Waals surface area contributed by atoms with Crippen molar-refractivity contribution in [1.82, 2.24) is 10.2 Å². The van der Waals surface area contributed by atoms with Crippen LogP contribution in [-0.2, 0) is 35.5 Å². The van der Waals surface area contributed by atoms with Gasteiger partial charge in [0.05, 0.1) is 11.1 Å². The molecule has 3 heterocycles. The van der Waals surface area contributed by atoms with Gasteiger partial charge < -0.3 is 19.7 Å². The van der Waals surface area contributed by atoms with E-state index in [1.54, 1.807) is 0 Å². The lowest BCUT2D eigenvalue weighted by Gasteiger charge is -2.48. The molecule has 0 aromatic heterocycles. The van der Waals surface area contributed by atoms with Crippen LogP contribution in [0.4, 0.5) is 0 Å². The molecule has 1 atom stereocenters. The Morgan fingerprint density at radius 3 is 2.11 bits per heavy atom. The second kappa shape index (κ2) is 9.31. The molecule has 1 N–H and O–H groups in total. The second-order valence-electron chi connectivity index (χ2n) is 11.1. The molecule has 1 unspecified atom stereocenters. The summed E-state index contributed by atoms with van der Waals surface area (Å²) in [6.45, 7) is 9.45. The average molecular weight is 489 g/mol. The third kappa shape index (κ3) is 4.04. The highest BCUT2D eigenvalue weighted by Gasteiger charge is 2.45. The number of benzene rings is 2. The zero-order chi connectivity index (χ0) is 24.9. The highest BCUT2D eigenvalue weighted by atomic mass is 16.5. The highest BCUT2D eigenvalue weighted by molar-refractivity contribution is 5.94. The van der Waals surface area contributed by atoms with Crippen LogP contribution in [0.2, 0.25) is 0 Å². The molecule has 1 aliphatic carbocycles. The van der Waals surface area contributed by atoms with Gasteiger partial charge in [-0.3, -0.25) is 0 Å². The van der Waals surface area contributed by atoms with Crippen LogP contribution in [0.1, 0.15) is 79.8 Å². The molecule has 36 heavy (non-hydrogen) atoms. The number of likely N-dealkylation sites (tertiary alicyclic amines) is 1. The Labute approximate surface area is 213 Å². The minimum Gasteiger partial charge on any atom is -0.457 e. The standard InChI is InChI=1S/C30H36N2O4/c1-19-21(4-6-24-26(19)17-35-28(24)33)8-13-31-30(11-3-12-30)23-10-15-32(16-23)14-9-22-5-7-25-27(20(22)2)18-36-29(25)34/h4-7,23,31H,3,8-18H2,1-2H3. The van der Waals surface area contributed by atoms with E-state index in [4.69, 9.17) is 9.47 Å². The maximum Gasteiger partial charge on any atom is 0.338 e. The van der Waals surface area contributed by atoms with Crippen molar-refractivity contribution in [3.8, 4) is 0 Å². The predicted octanol–water partition coefficient (Wildman–Crippen LogP) is 4.26. The first-order valence-electron chi connectivity index (χ1n) is 13.5. The average Bonchev–Trinajstić information content (AvgIpc) is 3.57. The molecule has 2 aromatic carbocycles. The number of hydrogen-bond acceptors (Lipinski definition) is 6. The number of esters is 2. The van der Waals surface area contributed by atoms with Crippen molar-refractivity contribution < 1.29 is 19.1 Å². The number of carbonyl (C=O) groups excluding carboxylic acids is 2. The quantitative estimate of drug-likeness (QED) is 0.560. The highest BCUT2D eigenvalue weighted by Crippen LogP contribution is 2.42. The zero-order valence-electron chi connectivity index (χ0n) is 21.5. The largest absolute Gasteiger partial charge is 0.457 e. The van der Waals surface area contributed by atoms with Gasteiger partial charge in [-0.05, 0) is 106 Å². The number of nitrogens with one attached hydrogen (secondary N) is 1. The molecule has 3 aliphatic heterocycles. The Morgan fingerprint density at radius 1 is 0.917 bits per heavy atom. The Morgan fingerprint density at radius 2 is 1.53 bits per heavy atom. The molecule has 2 fully saturated rings. The molecule has 6 nitrogen and oxygen atoms in total. The summed E-state index contributed by atoms with van der Waals surface area (Å²) in [4.78, 5) is 26.3. The van der Waals surface area contributed by atoms with Gasteiger partial charge in [-0.25, -0.2) is 9.59 Å². The van der Waals surface area contributed by atoms with Crippen LogP contribution in [-0.4, -0.2) is 48.6 Å². The maximum absolute atomic E-state index is 11.8. The van der Waals surface area contributed by atoms with E-state index in [9.17, 15) is 9.59 Å². The SMILES string of the molecule is Cc1c(CCNC2(C3CCN(CCc4ccc5c(c4C)COC5=O)C3)CCC2)ccc2c1COC2=O. The Balaban J connectivity index is 1.03. The van der Waals surface area contributed by atoms with Crippen molar-refractivity contribution in [3.05, 3.63) is 68.8 Å². The number of carbonyl (C=O) groups is 2. The maximum atomic E-state index is 11.8. The van der Waals surface area contributed by atoms with Gasteiger partial charge in [-0.15, -0.1) is 0 Å². The molecule has 1 saturated heterocycles. The molecule has 0 spiro atoms. The van der Waals surface area contributed by atoms with Gasteiger partial charge in [0.2, 0.25) is 0 Å². The van der Waals surface area contributed by atoms with Gasteiger partial charge in [-0.2, -0.15) is 0 Å². The molecule has 6 heteroatoms. The third-order valence-electron chi connectivity index (χ3n) is 9.42. The van der Waals surface area contributed by atoms with Crippen molar-refractivity contribution >= 4 is 11.9 Å². The first-order valence-corrected chi connectivity index (χ1v) is 13.5. The molecular formula is C30H36N2O4. The summed E-state index contributed by atoms with van der Waals surface area (Å²) in [7, 11) is 0. The van der Waals surface area contributed by atoms with Gasteiger partial charge in [0.25, 0.3) is 0 Å². The van der Waals surface area contributed by atoms with Crippen molar-refractivity contribution in [2.45, 2.75) is 71.1 Å².